The van der Waals surface area contributed by atoms with Crippen LogP contribution in [0.4, 0.5) is 0 Å². The monoisotopic (exact) mass is 486 g/mol. The van der Waals surface area contributed by atoms with E-state index in [-0.39, 0.29) is 47.0 Å². The highest BCUT2D eigenvalue weighted by Crippen LogP contribution is 2.78. The molecular formula is C28H38O7. The van der Waals surface area contributed by atoms with Crippen molar-refractivity contribution in [3.05, 3.63) is 12.2 Å². The quantitative estimate of drug-likeness (QED) is 0.435. The molecule has 3 aliphatic carbocycles. The number of epoxide rings is 1. The number of esters is 2. The van der Waals surface area contributed by atoms with Gasteiger partial charge in [0.1, 0.15) is 17.8 Å². The molecule has 3 heterocycles. The summed E-state index contributed by atoms with van der Waals surface area (Å²) in [5.74, 6) is -0.500. The van der Waals surface area contributed by atoms with Crippen LogP contribution in [0.5, 0.6) is 0 Å². The summed E-state index contributed by atoms with van der Waals surface area (Å²) in [7, 11) is 0. The zero-order valence-electron chi connectivity index (χ0n) is 21.7. The number of ether oxygens (including phenoxy) is 4. The number of rotatable bonds is 2. The molecular weight excluding hydrogens is 448 g/mol. The fourth-order valence-corrected chi connectivity index (χ4v) is 9.80. The molecule has 0 aromatic heterocycles. The molecule has 192 valence electrons. The maximum absolute atomic E-state index is 13.7. The van der Waals surface area contributed by atoms with Crippen LogP contribution in [0, 0.1) is 39.4 Å². The number of hydrogen-bond donors (Lipinski definition) is 0. The molecule has 6 rings (SSSR count). The largest absolute Gasteiger partial charge is 0.462 e. The molecule has 0 N–H and O–H groups in total. The predicted molar refractivity (Wildman–Crippen MR) is 125 cm³/mol. The smallest absolute Gasteiger partial charge is 0.338 e. The highest BCUT2D eigenvalue weighted by Gasteiger charge is 2.89. The van der Waals surface area contributed by atoms with Gasteiger partial charge in [0.2, 0.25) is 0 Å². The molecule has 5 fully saturated rings. The number of ketones is 1. The number of fused-ring (bicyclic) bond motifs is 3. The van der Waals surface area contributed by atoms with Gasteiger partial charge >= 0.3 is 11.9 Å². The third kappa shape index (κ3) is 2.62. The van der Waals surface area contributed by atoms with Crippen LogP contribution in [-0.4, -0.2) is 54.8 Å². The van der Waals surface area contributed by atoms with Gasteiger partial charge in [-0.2, -0.15) is 0 Å². The van der Waals surface area contributed by atoms with Crippen LogP contribution in [0.2, 0.25) is 0 Å². The molecule has 0 bridgehead atoms. The van der Waals surface area contributed by atoms with Crippen molar-refractivity contribution >= 4 is 17.7 Å². The van der Waals surface area contributed by atoms with Gasteiger partial charge in [0.05, 0.1) is 6.61 Å². The molecule has 6 aliphatic rings. The van der Waals surface area contributed by atoms with Crippen LogP contribution in [0.15, 0.2) is 12.2 Å². The summed E-state index contributed by atoms with van der Waals surface area (Å²) in [6, 6.07) is 0. The van der Waals surface area contributed by atoms with Gasteiger partial charge in [-0.25, -0.2) is 4.79 Å². The Morgan fingerprint density at radius 3 is 2.49 bits per heavy atom. The molecule has 35 heavy (non-hydrogen) atoms. The van der Waals surface area contributed by atoms with Crippen molar-refractivity contribution in [2.75, 3.05) is 13.2 Å². The van der Waals surface area contributed by atoms with E-state index in [1.807, 2.05) is 6.08 Å². The Kier molecular flexibility index (Phi) is 4.71. The second kappa shape index (κ2) is 6.97. The van der Waals surface area contributed by atoms with Gasteiger partial charge < -0.3 is 18.9 Å². The molecule has 2 saturated carbocycles. The third-order valence-corrected chi connectivity index (χ3v) is 11.4. The standard InChI is InChI=1S/C28H38O7/c1-15(29)33-20-13-18-24(2,3)10-8-19(30)26(18,5)17-7-11-25(4)21(16-9-12-32-14-16)34-23(31)22-28(25,35-22)27(17,20)6/h8,10,16-18,20-22H,7,9,11-14H2,1-6H3/t16?,17?,18?,20-,21+,22?,25+,26-,27+,28?/m1/s1. The van der Waals surface area contributed by atoms with Crippen LogP contribution in [0.1, 0.15) is 67.2 Å². The van der Waals surface area contributed by atoms with E-state index in [4.69, 9.17) is 18.9 Å². The Balaban J connectivity index is 1.53. The lowest BCUT2D eigenvalue weighted by Crippen LogP contribution is -2.75. The molecule has 7 heteroatoms. The topological polar surface area (TPSA) is 91.4 Å². The maximum atomic E-state index is 13.7. The predicted octanol–water partition coefficient (Wildman–Crippen LogP) is 3.63. The Bertz CT molecular complexity index is 1030. The molecule has 10 atom stereocenters. The summed E-state index contributed by atoms with van der Waals surface area (Å²) in [6.45, 7) is 13.4. The Labute approximate surface area is 207 Å². The minimum atomic E-state index is -0.842. The second-order valence-electron chi connectivity index (χ2n) is 13.2. The lowest BCUT2D eigenvalue weighted by molar-refractivity contribution is -0.256. The van der Waals surface area contributed by atoms with Gasteiger partial charge in [0, 0.05) is 35.7 Å². The molecule has 3 saturated heterocycles. The second-order valence-corrected chi connectivity index (χ2v) is 13.2. The van der Waals surface area contributed by atoms with Crippen LogP contribution in [0.25, 0.3) is 0 Å². The summed E-state index contributed by atoms with van der Waals surface area (Å²) in [4.78, 5) is 39.5. The number of carbonyl (C=O) groups is 3. The molecule has 3 aliphatic heterocycles. The Morgan fingerprint density at radius 1 is 1.09 bits per heavy atom. The SMILES string of the molecule is CC(=O)O[C@@H]1CC2C(C)(C)C=CC(=O)[C@]2(C)C2CC[C@@]3(C)[C@H](C4CCOC4)OC(=O)C4OC43[C@@]21C. The molecule has 1 spiro atoms. The normalized spacial score (nSPS) is 53.5. The van der Waals surface area contributed by atoms with Crippen molar-refractivity contribution < 1.29 is 33.3 Å². The summed E-state index contributed by atoms with van der Waals surface area (Å²) < 4.78 is 24.5. The van der Waals surface area contributed by atoms with Gasteiger partial charge in [0.15, 0.2) is 11.9 Å². The minimum absolute atomic E-state index is 0.0162. The van der Waals surface area contributed by atoms with Crippen LogP contribution in [-0.2, 0) is 33.3 Å². The van der Waals surface area contributed by atoms with Gasteiger partial charge in [-0.05, 0) is 49.0 Å². The Hall–Kier alpha value is -1.73. The lowest BCUT2D eigenvalue weighted by atomic mass is 9.35. The highest BCUT2D eigenvalue weighted by atomic mass is 16.7. The first-order valence-corrected chi connectivity index (χ1v) is 13.2. The minimum Gasteiger partial charge on any atom is -0.462 e. The molecule has 7 nitrogen and oxygen atoms in total. The summed E-state index contributed by atoms with van der Waals surface area (Å²) >= 11 is 0. The Morgan fingerprint density at radius 2 is 1.83 bits per heavy atom. The van der Waals surface area contributed by atoms with Crippen molar-refractivity contribution in [1.82, 2.24) is 0 Å². The van der Waals surface area contributed by atoms with Crippen molar-refractivity contribution in [3.63, 3.8) is 0 Å². The van der Waals surface area contributed by atoms with Crippen molar-refractivity contribution in [3.8, 4) is 0 Å². The first kappa shape index (κ1) is 23.7. The number of hydrogen-bond acceptors (Lipinski definition) is 7. The number of allylic oxidation sites excluding steroid dienone is 2. The van der Waals surface area contributed by atoms with Crippen LogP contribution >= 0.6 is 0 Å². The maximum Gasteiger partial charge on any atom is 0.338 e. The molecule has 0 amide bonds. The summed E-state index contributed by atoms with van der Waals surface area (Å²) in [6.07, 6.45) is 5.27. The van der Waals surface area contributed by atoms with Crippen molar-refractivity contribution in [2.45, 2.75) is 91.1 Å². The number of cyclic esters (lactones) is 1. The lowest BCUT2D eigenvalue weighted by Gasteiger charge is -2.68. The summed E-state index contributed by atoms with van der Waals surface area (Å²) in [5.41, 5.74) is -2.87. The van der Waals surface area contributed by atoms with E-state index in [1.165, 1.54) is 6.92 Å². The van der Waals surface area contributed by atoms with E-state index in [9.17, 15) is 14.4 Å². The first-order chi connectivity index (χ1) is 16.3. The third-order valence-electron chi connectivity index (χ3n) is 11.4. The van der Waals surface area contributed by atoms with Gasteiger partial charge in [-0.15, -0.1) is 0 Å². The van der Waals surface area contributed by atoms with Gasteiger partial charge in [0.25, 0.3) is 0 Å². The van der Waals surface area contributed by atoms with Gasteiger partial charge in [-0.3, -0.25) is 9.59 Å². The van der Waals surface area contributed by atoms with Crippen molar-refractivity contribution in [2.24, 2.45) is 39.4 Å². The summed E-state index contributed by atoms with van der Waals surface area (Å²) in [5, 5.41) is 0. The molecule has 0 radical (unpaired) electrons. The first-order valence-electron chi connectivity index (χ1n) is 13.2. The van der Waals surface area contributed by atoms with Crippen LogP contribution < -0.4 is 0 Å². The van der Waals surface area contributed by atoms with Crippen LogP contribution in [0.3, 0.4) is 0 Å². The average molecular weight is 487 g/mol. The molecule has 0 aromatic rings. The number of carbonyl (C=O) groups excluding carboxylic acids is 3. The molecule has 5 unspecified atom stereocenters. The van der Waals surface area contributed by atoms with E-state index in [1.54, 1.807) is 6.08 Å². The van der Waals surface area contributed by atoms with E-state index >= 15 is 0 Å². The van der Waals surface area contributed by atoms with E-state index < -0.39 is 34.1 Å². The average Bonchev–Trinajstić information content (AvgIpc) is 3.35. The van der Waals surface area contributed by atoms with E-state index in [0.717, 1.165) is 19.3 Å². The zero-order valence-corrected chi connectivity index (χ0v) is 21.7. The fourth-order valence-electron chi connectivity index (χ4n) is 9.80. The van der Waals surface area contributed by atoms with E-state index in [0.29, 0.717) is 19.6 Å². The fraction of sp³-hybridized carbons (Fsp3) is 0.821. The van der Waals surface area contributed by atoms with E-state index in [2.05, 4.69) is 34.6 Å². The zero-order chi connectivity index (χ0) is 25.2. The van der Waals surface area contributed by atoms with Crippen molar-refractivity contribution in [1.29, 1.82) is 0 Å². The highest BCUT2D eigenvalue weighted by molar-refractivity contribution is 5.96. The van der Waals surface area contributed by atoms with Gasteiger partial charge in [-0.1, -0.05) is 40.7 Å². The molecule has 0 aromatic carbocycles.